The minimum Gasteiger partial charge on any atom is -0.465 e. The van der Waals surface area contributed by atoms with Crippen LogP contribution in [-0.2, 0) is 9.53 Å². The number of carbonyl (C=O) groups excluding carboxylic acids is 2. The minimum absolute atomic E-state index is 0.0456. The number of anilines is 1. The molecule has 0 unspecified atom stereocenters. The molecule has 2 aromatic carbocycles. The van der Waals surface area contributed by atoms with E-state index in [9.17, 15) is 18.4 Å². The largest absolute Gasteiger partial charge is 0.465 e. The molecule has 0 bridgehead atoms. The molecule has 0 saturated carbocycles. The van der Waals surface area contributed by atoms with Crippen LogP contribution in [0.1, 0.15) is 34.0 Å². The third-order valence-corrected chi connectivity index (χ3v) is 4.68. The molecule has 142 valence electrons. The van der Waals surface area contributed by atoms with Gasteiger partial charge in [0.15, 0.2) is 0 Å². The quantitative estimate of drug-likeness (QED) is 0.704. The van der Waals surface area contributed by atoms with Crippen LogP contribution in [0, 0.1) is 11.6 Å². The van der Waals surface area contributed by atoms with Crippen LogP contribution in [0.4, 0.5) is 14.6 Å². The molecule has 0 aliphatic carbocycles. The molecule has 0 radical (unpaired) electrons. The van der Waals surface area contributed by atoms with Crippen molar-refractivity contribution in [1.29, 1.82) is 0 Å². The molecule has 28 heavy (non-hydrogen) atoms. The van der Waals surface area contributed by atoms with Gasteiger partial charge in [-0.2, -0.15) is 0 Å². The summed E-state index contributed by atoms with van der Waals surface area (Å²) in [5.41, 5.74) is 1.65. The Balaban J connectivity index is 1.76. The molecule has 8 heteroatoms. The normalized spacial score (nSPS) is 15.7. The third-order valence-electron chi connectivity index (χ3n) is 4.68. The van der Waals surface area contributed by atoms with Crippen molar-refractivity contribution in [2.24, 2.45) is 0 Å². The first-order valence-corrected chi connectivity index (χ1v) is 8.48. The Bertz CT molecular complexity index is 1080. The Kier molecular flexibility index (Phi) is 4.38. The van der Waals surface area contributed by atoms with Crippen LogP contribution < -0.4 is 5.32 Å². The van der Waals surface area contributed by atoms with Gasteiger partial charge in [-0.25, -0.2) is 18.6 Å². The maximum absolute atomic E-state index is 14.2. The van der Waals surface area contributed by atoms with Crippen LogP contribution in [0.2, 0.25) is 0 Å². The molecule has 1 amide bonds. The van der Waals surface area contributed by atoms with E-state index in [1.54, 1.807) is 24.3 Å². The van der Waals surface area contributed by atoms with Crippen LogP contribution in [0.3, 0.4) is 0 Å². The number of carbonyl (C=O) groups is 2. The first kappa shape index (κ1) is 17.8. The number of fused-ring (bicyclic) bond motifs is 1. The van der Waals surface area contributed by atoms with Gasteiger partial charge in [-0.1, -0.05) is 12.1 Å². The number of hydrogen-bond donors (Lipinski definition) is 1. The molecule has 1 aromatic heterocycles. The summed E-state index contributed by atoms with van der Waals surface area (Å²) in [6.07, 6.45) is 1.50. The van der Waals surface area contributed by atoms with Gasteiger partial charge in [0, 0.05) is 18.4 Å². The molecular weight excluding hydrogens is 368 g/mol. The van der Waals surface area contributed by atoms with Gasteiger partial charge in [0.1, 0.15) is 23.8 Å². The number of hydrogen-bond acceptors (Lipinski definition) is 4. The predicted octanol–water partition coefficient (Wildman–Crippen LogP) is 3.41. The molecule has 4 rings (SSSR count). The summed E-state index contributed by atoms with van der Waals surface area (Å²) in [7, 11) is 1.30. The van der Waals surface area contributed by atoms with Crippen LogP contribution in [0.25, 0.3) is 5.69 Å². The number of nitrogens with one attached hydrogen (secondary N) is 1. The van der Waals surface area contributed by atoms with Crippen LogP contribution >= 0.6 is 0 Å². The molecule has 0 spiro atoms. The van der Waals surface area contributed by atoms with Gasteiger partial charge in [0.2, 0.25) is 5.91 Å². The van der Waals surface area contributed by atoms with Crippen molar-refractivity contribution >= 4 is 17.7 Å². The van der Waals surface area contributed by atoms with Gasteiger partial charge in [0.25, 0.3) is 0 Å². The highest BCUT2D eigenvalue weighted by molar-refractivity contribution is 5.94. The minimum atomic E-state index is -0.639. The van der Waals surface area contributed by atoms with E-state index in [4.69, 9.17) is 0 Å². The number of rotatable bonds is 3. The lowest BCUT2D eigenvalue weighted by Crippen LogP contribution is -2.25. The lowest BCUT2D eigenvalue weighted by molar-refractivity contribution is -0.116. The van der Waals surface area contributed by atoms with Crippen molar-refractivity contribution in [3.05, 3.63) is 77.2 Å². The van der Waals surface area contributed by atoms with Crippen molar-refractivity contribution < 1.29 is 23.1 Å². The molecule has 6 nitrogen and oxygen atoms in total. The molecule has 0 fully saturated rings. The Morgan fingerprint density at radius 2 is 1.96 bits per heavy atom. The highest BCUT2D eigenvalue weighted by Gasteiger charge is 2.31. The number of halogens is 2. The summed E-state index contributed by atoms with van der Waals surface area (Å²) < 4.78 is 33.8. The van der Waals surface area contributed by atoms with E-state index >= 15 is 0 Å². The summed E-state index contributed by atoms with van der Waals surface area (Å²) in [5.74, 6) is -2.06. The van der Waals surface area contributed by atoms with E-state index in [1.165, 1.54) is 18.0 Å². The number of benzene rings is 2. The van der Waals surface area contributed by atoms with Gasteiger partial charge < -0.3 is 10.1 Å². The fourth-order valence-electron chi connectivity index (χ4n) is 3.30. The van der Waals surface area contributed by atoms with Gasteiger partial charge in [-0.05, 0) is 29.8 Å². The fourth-order valence-corrected chi connectivity index (χ4v) is 3.30. The number of imidazole rings is 1. The van der Waals surface area contributed by atoms with E-state index < -0.39 is 17.6 Å². The van der Waals surface area contributed by atoms with Crippen molar-refractivity contribution in [2.75, 3.05) is 12.4 Å². The molecule has 1 N–H and O–H groups in total. The lowest BCUT2D eigenvalue weighted by Gasteiger charge is -2.23. The van der Waals surface area contributed by atoms with Gasteiger partial charge in [-0.3, -0.25) is 9.36 Å². The van der Waals surface area contributed by atoms with Crippen molar-refractivity contribution in [3.63, 3.8) is 0 Å². The van der Waals surface area contributed by atoms with Gasteiger partial charge >= 0.3 is 5.97 Å². The summed E-state index contributed by atoms with van der Waals surface area (Å²) in [5, 5.41) is 2.69. The highest BCUT2D eigenvalue weighted by atomic mass is 19.1. The fraction of sp³-hybridized carbons (Fsp3) is 0.150. The number of amides is 1. The summed E-state index contributed by atoms with van der Waals surface area (Å²) in [6.45, 7) is 0. The van der Waals surface area contributed by atoms with Crippen LogP contribution in [0.5, 0.6) is 0 Å². The first-order valence-electron chi connectivity index (χ1n) is 8.48. The summed E-state index contributed by atoms with van der Waals surface area (Å²) >= 11 is 0. The molecule has 2 heterocycles. The zero-order chi connectivity index (χ0) is 19.8. The average Bonchev–Trinajstić information content (AvgIpc) is 3.12. The Morgan fingerprint density at radius 3 is 2.68 bits per heavy atom. The van der Waals surface area contributed by atoms with Crippen molar-refractivity contribution in [3.8, 4) is 5.69 Å². The van der Waals surface area contributed by atoms with Crippen molar-refractivity contribution in [2.45, 2.75) is 12.3 Å². The molecule has 1 aliphatic heterocycles. The molecule has 1 aliphatic rings. The molecule has 1 atom stereocenters. The zero-order valence-corrected chi connectivity index (χ0v) is 14.8. The van der Waals surface area contributed by atoms with Gasteiger partial charge in [-0.15, -0.1) is 0 Å². The number of nitrogens with zero attached hydrogens (tertiary/aromatic N) is 2. The van der Waals surface area contributed by atoms with Gasteiger partial charge in [0.05, 0.1) is 24.1 Å². The predicted molar refractivity (Wildman–Crippen MR) is 96.4 cm³/mol. The zero-order valence-electron chi connectivity index (χ0n) is 14.8. The monoisotopic (exact) mass is 383 g/mol. The average molecular weight is 383 g/mol. The van der Waals surface area contributed by atoms with E-state index in [-0.39, 0.29) is 23.9 Å². The maximum Gasteiger partial charge on any atom is 0.337 e. The Hall–Kier alpha value is -3.55. The Morgan fingerprint density at radius 1 is 1.21 bits per heavy atom. The molecular formula is C20H15F2N3O3. The highest BCUT2D eigenvalue weighted by Crippen LogP contribution is 2.37. The number of esters is 1. The van der Waals surface area contributed by atoms with Crippen molar-refractivity contribution in [1.82, 2.24) is 9.55 Å². The first-order chi connectivity index (χ1) is 13.5. The summed E-state index contributed by atoms with van der Waals surface area (Å²) in [6, 6.07) is 9.74. The number of aromatic nitrogens is 2. The number of methoxy groups -OCH3 is 1. The van der Waals surface area contributed by atoms with E-state index in [0.717, 1.165) is 23.8 Å². The second-order valence-corrected chi connectivity index (χ2v) is 6.36. The SMILES string of the molecule is COC(=O)c1ccc([C@@H]2CC(=O)Nc3c2ncn3-c2cc(F)ccc2F)cc1. The van der Waals surface area contributed by atoms with E-state index in [1.807, 2.05) is 0 Å². The Labute approximate surface area is 158 Å². The summed E-state index contributed by atoms with van der Waals surface area (Å²) in [4.78, 5) is 28.2. The maximum atomic E-state index is 14.2. The smallest absolute Gasteiger partial charge is 0.337 e. The number of ether oxygens (including phenoxy) is 1. The standard InChI is InChI=1S/C20H15F2N3O3/c1-28-20(27)12-4-2-11(3-5-12)14-9-17(26)24-19-18(14)23-10-25(19)16-8-13(21)6-7-15(16)22/h2-8,10,14H,9H2,1H3,(H,24,26)/t14-/m0/s1. The second kappa shape index (κ2) is 6.88. The lowest BCUT2D eigenvalue weighted by atomic mass is 9.89. The molecule has 0 saturated heterocycles. The van der Waals surface area contributed by atoms with Crippen LogP contribution in [0.15, 0.2) is 48.8 Å². The van der Waals surface area contributed by atoms with Crippen LogP contribution in [-0.4, -0.2) is 28.5 Å². The topological polar surface area (TPSA) is 73.2 Å². The second-order valence-electron chi connectivity index (χ2n) is 6.36. The molecule has 3 aromatic rings. The van der Waals surface area contributed by atoms with E-state index in [2.05, 4.69) is 15.0 Å². The van der Waals surface area contributed by atoms with E-state index in [0.29, 0.717) is 17.1 Å². The third kappa shape index (κ3) is 3.02.